The van der Waals surface area contributed by atoms with Gasteiger partial charge in [0.05, 0.1) is 0 Å². The first kappa shape index (κ1) is 13.3. The van der Waals surface area contributed by atoms with Crippen LogP contribution < -0.4 is 5.32 Å². The van der Waals surface area contributed by atoms with E-state index in [0.29, 0.717) is 6.04 Å². The summed E-state index contributed by atoms with van der Waals surface area (Å²) in [5.41, 5.74) is 1.31. The molecule has 3 nitrogen and oxygen atoms in total. The van der Waals surface area contributed by atoms with Gasteiger partial charge in [-0.3, -0.25) is 4.90 Å². The largest absolute Gasteiger partial charge is 0.466 e. The van der Waals surface area contributed by atoms with E-state index in [1.54, 1.807) is 0 Å². The molecule has 1 aromatic heterocycles. The zero-order chi connectivity index (χ0) is 12.1. The fourth-order valence-electron chi connectivity index (χ4n) is 2.00. The average molecular weight is 224 g/mol. The first-order chi connectivity index (χ1) is 7.56. The Balaban J connectivity index is 2.56. The molecule has 0 spiro atoms. The van der Waals surface area contributed by atoms with Crippen LogP contribution in [0.3, 0.4) is 0 Å². The van der Waals surface area contributed by atoms with Crippen molar-refractivity contribution >= 4 is 0 Å². The molecule has 0 amide bonds. The minimum absolute atomic E-state index is 0.425. The highest BCUT2D eigenvalue weighted by Crippen LogP contribution is 2.25. The maximum Gasteiger partial charge on any atom is 0.105 e. The highest BCUT2D eigenvalue weighted by molar-refractivity contribution is 5.23. The summed E-state index contributed by atoms with van der Waals surface area (Å²) in [4.78, 5) is 2.37. The summed E-state index contributed by atoms with van der Waals surface area (Å²) in [5.74, 6) is 2.05. The normalized spacial score (nSPS) is 13.4. The van der Waals surface area contributed by atoms with E-state index in [9.17, 15) is 0 Å². The molecule has 1 heterocycles. The molecule has 92 valence electrons. The molecule has 0 radical (unpaired) electrons. The summed E-state index contributed by atoms with van der Waals surface area (Å²) < 4.78 is 5.57. The molecule has 1 aromatic rings. The Kier molecular flexibility index (Phi) is 5.03. The Labute approximate surface area is 98.8 Å². The molecule has 0 aliphatic heterocycles. The van der Waals surface area contributed by atoms with E-state index in [1.165, 1.54) is 12.0 Å². The second-order valence-electron chi connectivity index (χ2n) is 4.48. The van der Waals surface area contributed by atoms with Crippen molar-refractivity contribution in [3.8, 4) is 0 Å². The third kappa shape index (κ3) is 3.35. The Bertz CT molecular complexity index is 320. The SMILES string of the molecule is CNCCCN(C)C(C)c1cc(C)oc1C. The predicted molar refractivity (Wildman–Crippen MR) is 67.8 cm³/mol. The van der Waals surface area contributed by atoms with E-state index < -0.39 is 0 Å². The summed E-state index contributed by atoms with van der Waals surface area (Å²) in [6, 6.07) is 2.57. The second-order valence-corrected chi connectivity index (χ2v) is 4.48. The number of hydrogen-bond donors (Lipinski definition) is 1. The van der Waals surface area contributed by atoms with E-state index in [4.69, 9.17) is 4.42 Å². The third-order valence-corrected chi connectivity index (χ3v) is 3.13. The third-order valence-electron chi connectivity index (χ3n) is 3.13. The van der Waals surface area contributed by atoms with Crippen LogP contribution >= 0.6 is 0 Å². The summed E-state index contributed by atoms with van der Waals surface area (Å²) in [7, 11) is 4.16. The Hall–Kier alpha value is -0.800. The molecule has 0 fully saturated rings. The van der Waals surface area contributed by atoms with Crippen LogP contribution in [0.15, 0.2) is 10.5 Å². The number of rotatable bonds is 6. The molecule has 0 aliphatic rings. The molecule has 0 aliphatic carbocycles. The number of nitrogens with one attached hydrogen (secondary N) is 1. The van der Waals surface area contributed by atoms with Gasteiger partial charge in [-0.25, -0.2) is 0 Å². The van der Waals surface area contributed by atoms with Crippen molar-refractivity contribution in [2.24, 2.45) is 0 Å². The zero-order valence-electron chi connectivity index (χ0n) is 11.1. The van der Waals surface area contributed by atoms with Gasteiger partial charge >= 0.3 is 0 Å². The van der Waals surface area contributed by atoms with E-state index >= 15 is 0 Å². The number of nitrogens with zero attached hydrogens (tertiary/aromatic N) is 1. The molecule has 1 atom stereocenters. The number of furan rings is 1. The van der Waals surface area contributed by atoms with Crippen molar-refractivity contribution < 1.29 is 4.42 Å². The summed E-state index contributed by atoms with van der Waals surface area (Å²) in [6.45, 7) is 8.45. The minimum Gasteiger partial charge on any atom is -0.466 e. The van der Waals surface area contributed by atoms with E-state index in [1.807, 2.05) is 20.9 Å². The number of hydrogen-bond acceptors (Lipinski definition) is 3. The van der Waals surface area contributed by atoms with Gasteiger partial charge in [0.15, 0.2) is 0 Å². The lowest BCUT2D eigenvalue weighted by Crippen LogP contribution is -2.26. The van der Waals surface area contributed by atoms with Gasteiger partial charge in [-0.15, -0.1) is 0 Å². The molecule has 3 heteroatoms. The van der Waals surface area contributed by atoms with Gasteiger partial charge in [-0.1, -0.05) is 0 Å². The van der Waals surface area contributed by atoms with Crippen LogP contribution in [0, 0.1) is 13.8 Å². The molecule has 16 heavy (non-hydrogen) atoms. The van der Waals surface area contributed by atoms with Crippen LogP contribution in [0.25, 0.3) is 0 Å². The molecule has 0 bridgehead atoms. The average Bonchev–Trinajstić information content (AvgIpc) is 2.57. The first-order valence-corrected chi connectivity index (χ1v) is 5.98. The van der Waals surface area contributed by atoms with Crippen molar-refractivity contribution in [3.05, 3.63) is 23.2 Å². The van der Waals surface area contributed by atoms with Crippen molar-refractivity contribution in [3.63, 3.8) is 0 Å². The predicted octanol–water partition coefficient (Wildman–Crippen LogP) is 2.50. The molecule has 1 unspecified atom stereocenters. The van der Waals surface area contributed by atoms with Gasteiger partial charge in [0.2, 0.25) is 0 Å². The van der Waals surface area contributed by atoms with Crippen LogP contribution in [0.1, 0.15) is 36.5 Å². The fraction of sp³-hybridized carbons (Fsp3) is 0.692. The molecule has 1 N–H and O–H groups in total. The highest BCUT2D eigenvalue weighted by Gasteiger charge is 2.16. The van der Waals surface area contributed by atoms with Gasteiger partial charge < -0.3 is 9.73 Å². The van der Waals surface area contributed by atoms with Gasteiger partial charge in [-0.05, 0) is 60.4 Å². The van der Waals surface area contributed by atoms with Gasteiger partial charge in [0.1, 0.15) is 11.5 Å². The zero-order valence-corrected chi connectivity index (χ0v) is 11.1. The van der Waals surface area contributed by atoms with Gasteiger partial charge in [0, 0.05) is 11.6 Å². The van der Waals surface area contributed by atoms with Crippen molar-refractivity contribution in [1.82, 2.24) is 10.2 Å². The van der Waals surface area contributed by atoms with Crippen molar-refractivity contribution in [1.29, 1.82) is 0 Å². The smallest absolute Gasteiger partial charge is 0.105 e. The lowest BCUT2D eigenvalue weighted by molar-refractivity contribution is 0.255. The standard InChI is InChI=1S/C13H24N2O/c1-10-9-13(12(3)16-10)11(2)15(5)8-6-7-14-4/h9,11,14H,6-8H2,1-5H3. The maximum atomic E-state index is 5.57. The van der Waals surface area contributed by atoms with E-state index in [-0.39, 0.29) is 0 Å². The van der Waals surface area contributed by atoms with Crippen LogP contribution in [0.4, 0.5) is 0 Å². The van der Waals surface area contributed by atoms with Gasteiger partial charge in [0.25, 0.3) is 0 Å². The topological polar surface area (TPSA) is 28.4 Å². The second kappa shape index (κ2) is 6.06. The van der Waals surface area contributed by atoms with E-state index in [2.05, 4.69) is 30.3 Å². The van der Waals surface area contributed by atoms with E-state index in [0.717, 1.165) is 24.6 Å². The Morgan fingerprint density at radius 2 is 2.12 bits per heavy atom. The molecule has 0 saturated heterocycles. The summed E-state index contributed by atoms with van der Waals surface area (Å²) >= 11 is 0. The molecular formula is C13H24N2O. The van der Waals surface area contributed by atoms with Crippen LogP contribution in [-0.4, -0.2) is 32.1 Å². The highest BCUT2D eigenvalue weighted by atomic mass is 16.3. The molecule has 0 saturated carbocycles. The molecule has 1 rings (SSSR count). The summed E-state index contributed by atoms with van der Waals surface area (Å²) in [6.07, 6.45) is 1.17. The van der Waals surface area contributed by atoms with Crippen LogP contribution in [0.5, 0.6) is 0 Å². The van der Waals surface area contributed by atoms with Crippen molar-refractivity contribution in [2.75, 3.05) is 27.2 Å². The Morgan fingerprint density at radius 3 is 2.62 bits per heavy atom. The minimum atomic E-state index is 0.425. The maximum absolute atomic E-state index is 5.57. The Morgan fingerprint density at radius 1 is 1.44 bits per heavy atom. The molecule has 0 aromatic carbocycles. The quantitative estimate of drug-likeness (QED) is 0.753. The van der Waals surface area contributed by atoms with Crippen molar-refractivity contribution in [2.45, 2.75) is 33.2 Å². The summed E-state index contributed by atoms with van der Waals surface area (Å²) in [5, 5.41) is 3.17. The van der Waals surface area contributed by atoms with Crippen LogP contribution in [-0.2, 0) is 0 Å². The lowest BCUT2D eigenvalue weighted by Gasteiger charge is -2.24. The first-order valence-electron chi connectivity index (χ1n) is 5.98. The fourth-order valence-corrected chi connectivity index (χ4v) is 2.00. The van der Waals surface area contributed by atoms with Crippen LogP contribution in [0.2, 0.25) is 0 Å². The lowest BCUT2D eigenvalue weighted by atomic mass is 10.1. The molecular weight excluding hydrogens is 200 g/mol. The monoisotopic (exact) mass is 224 g/mol. The number of aryl methyl sites for hydroxylation is 2. The van der Waals surface area contributed by atoms with Gasteiger partial charge in [-0.2, -0.15) is 0 Å².